The summed E-state index contributed by atoms with van der Waals surface area (Å²) in [6, 6.07) is 6.46. The maximum Gasteiger partial charge on any atom is 0.320 e. The second-order valence-corrected chi connectivity index (χ2v) is 10.1. The lowest BCUT2D eigenvalue weighted by Gasteiger charge is -2.51. The van der Waals surface area contributed by atoms with Crippen molar-refractivity contribution < 1.29 is 27.5 Å². The summed E-state index contributed by atoms with van der Waals surface area (Å²) in [7, 11) is 0. The fourth-order valence-electron chi connectivity index (χ4n) is 5.09. The number of aromatic nitrogens is 3. The van der Waals surface area contributed by atoms with Gasteiger partial charge in [-0.2, -0.15) is 0 Å². The van der Waals surface area contributed by atoms with Gasteiger partial charge in [-0.1, -0.05) is 18.4 Å². The van der Waals surface area contributed by atoms with Gasteiger partial charge in [-0.05, 0) is 68.6 Å². The zero-order chi connectivity index (χ0) is 26.5. The fraction of sp³-hybridized carbons (Fsp3) is 0.481. The maximum absolute atomic E-state index is 13.4. The molecule has 2 aliphatic carbocycles. The van der Waals surface area contributed by atoms with E-state index < -0.39 is 17.5 Å². The third-order valence-electron chi connectivity index (χ3n) is 7.24. The summed E-state index contributed by atoms with van der Waals surface area (Å²) in [5, 5.41) is 12.6. The van der Waals surface area contributed by atoms with E-state index in [2.05, 4.69) is 32.7 Å². The van der Waals surface area contributed by atoms with Crippen molar-refractivity contribution in [2.75, 3.05) is 17.2 Å². The van der Waals surface area contributed by atoms with Crippen molar-refractivity contribution in [2.45, 2.75) is 70.5 Å². The molecule has 38 heavy (non-hydrogen) atoms. The number of rotatable bonds is 10. The van der Waals surface area contributed by atoms with Gasteiger partial charge in [-0.25, -0.2) is 13.8 Å². The van der Waals surface area contributed by atoms with E-state index in [1.54, 1.807) is 12.1 Å². The first-order chi connectivity index (χ1) is 18.4. The fourth-order valence-corrected chi connectivity index (χ4v) is 5.09. The zero-order valence-electron chi connectivity index (χ0n) is 21.2. The second-order valence-electron chi connectivity index (χ2n) is 10.1. The molecule has 1 aromatic carbocycles. The average Bonchev–Trinajstić information content (AvgIpc) is 3.36. The minimum absolute atomic E-state index is 0.132. The van der Waals surface area contributed by atoms with Crippen LogP contribution in [-0.2, 0) is 4.74 Å². The third kappa shape index (κ3) is 6.27. The molecule has 11 heteroatoms. The lowest BCUT2D eigenvalue weighted by atomic mass is 9.59. The van der Waals surface area contributed by atoms with Gasteiger partial charge >= 0.3 is 17.8 Å². The molecule has 0 bridgehead atoms. The van der Waals surface area contributed by atoms with Crippen LogP contribution in [0.4, 0.5) is 26.2 Å². The highest BCUT2D eigenvalue weighted by Gasteiger charge is 2.46. The maximum atomic E-state index is 13.4. The number of amides is 1. The van der Waals surface area contributed by atoms with E-state index >= 15 is 0 Å². The Labute approximate surface area is 219 Å². The van der Waals surface area contributed by atoms with Crippen LogP contribution in [0.5, 0.6) is 5.88 Å². The van der Waals surface area contributed by atoms with Crippen LogP contribution in [-0.4, -0.2) is 39.9 Å². The Morgan fingerprint density at radius 2 is 1.87 bits per heavy atom. The van der Waals surface area contributed by atoms with Gasteiger partial charge in [-0.3, -0.25) is 4.79 Å². The number of hydrogen-bond acceptors (Lipinski definition) is 8. The smallest absolute Gasteiger partial charge is 0.320 e. The van der Waals surface area contributed by atoms with Crippen LogP contribution in [0, 0.1) is 17.0 Å². The van der Waals surface area contributed by atoms with Crippen LogP contribution in [0.2, 0.25) is 0 Å². The molecule has 1 amide bonds. The van der Waals surface area contributed by atoms with Crippen molar-refractivity contribution in [3.63, 3.8) is 0 Å². The molecule has 0 aliphatic heterocycles. The van der Waals surface area contributed by atoms with Crippen LogP contribution in [0.1, 0.15) is 69.0 Å². The molecule has 9 nitrogen and oxygen atoms in total. The summed E-state index contributed by atoms with van der Waals surface area (Å²) in [6.45, 7) is 3.05. The van der Waals surface area contributed by atoms with Crippen LogP contribution >= 0.6 is 0 Å². The number of carbonyl (C=O) groups is 1. The van der Waals surface area contributed by atoms with Crippen molar-refractivity contribution in [1.29, 1.82) is 0 Å². The number of hydrogen-bond donors (Lipinski definition) is 2. The van der Waals surface area contributed by atoms with Crippen LogP contribution in [0.3, 0.4) is 0 Å². The van der Waals surface area contributed by atoms with Crippen molar-refractivity contribution in [2.24, 2.45) is 5.41 Å². The first-order valence-electron chi connectivity index (χ1n) is 13.0. The predicted octanol–water partition coefficient (Wildman–Crippen LogP) is 6.03. The number of anilines is 3. The number of unbranched alkanes of at least 4 members (excludes halogenated alkanes) is 1. The normalized spacial score (nSPS) is 22.6. The van der Waals surface area contributed by atoms with E-state index in [0.29, 0.717) is 23.1 Å². The van der Waals surface area contributed by atoms with Crippen LogP contribution < -0.4 is 15.4 Å². The number of carbonyl (C=O) groups excluding carboxylic acids is 1. The number of ether oxygens (including phenoxy) is 2. The monoisotopic (exact) mass is 527 g/mol. The summed E-state index contributed by atoms with van der Waals surface area (Å²) in [5.74, 6) is -2.44. The van der Waals surface area contributed by atoms with Gasteiger partial charge in [0.1, 0.15) is 6.10 Å². The number of pyridine rings is 1. The minimum atomic E-state index is -1.03. The summed E-state index contributed by atoms with van der Waals surface area (Å²) >= 11 is 0. The lowest BCUT2D eigenvalue weighted by molar-refractivity contribution is -0.106. The first-order valence-corrected chi connectivity index (χ1v) is 13.0. The van der Waals surface area contributed by atoms with Crippen LogP contribution in [0.25, 0.3) is 0 Å². The number of halogens is 2. The molecular weight excluding hydrogens is 496 g/mol. The Bertz CT molecular complexity index is 1240. The van der Waals surface area contributed by atoms with Crippen molar-refractivity contribution >= 4 is 23.3 Å². The van der Waals surface area contributed by atoms with Gasteiger partial charge < -0.3 is 24.5 Å². The number of nitrogens with one attached hydrogen (secondary N) is 2. The number of nitrogens with zero attached hydrogens (tertiary/aromatic N) is 3. The molecule has 0 saturated heterocycles. The molecule has 1 spiro atoms. The van der Waals surface area contributed by atoms with E-state index in [1.807, 2.05) is 0 Å². The highest BCUT2D eigenvalue weighted by atomic mass is 19.2. The van der Waals surface area contributed by atoms with Gasteiger partial charge in [0.15, 0.2) is 11.6 Å². The lowest BCUT2D eigenvalue weighted by Crippen LogP contribution is -2.46. The second kappa shape index (κ2) is 11.4. The molecular formula is C27H31F2N5O4. The van der Waals surface area contributed by atoms with Crippen molar-refractivity contribution in [3.8, 4) is 5.88 Å². The van der Waals surface area contributed by atoms with E-state index in [-0.39, 0.29) is 23.7 Å². The van der Waals surface area contributed by atoms with Crippen molar-refractivity contribution in [3.05, 3.63) is 54.1 Å². The zero-order valence-corrected chi connectivity index (χ0v) is 21.2. The molecule has 2 N–H and O–H groups in total. The van der Waals surface area contributed by atoms with Gasteiger partial charge in [0.2, 0.25) is 5.88 Å². The highest BCUT2D eigenvalue weighted by Crippen LogP contribution is 2.53. The Kier molecular flexibility index (Phi) is 7.82. The third-order valence-corrected chi connectivity index (χ3v) is 7.24. The summed E-state index contributed by atoms with van der Waals surface area (Å²) in [6.07, 6.45) is 11.0. The van der Waals surface area contributed by atoms with E-state index in [9.17, 15) is 13.6 Å². The molecule has 2 fully saturated rings. The SMILES string of the molecule is CCCCOC1CC2(CCC(Oc3ccc(NC(=O)c4nnc(Nc5ccc(F)c(F)c5)o4)cn3)CC2)C1. The van der Waals surface area contributed by atoms with Gasteiger partial charge in [0.05, 0.1) is 18.0 Å². The first kappa shape index (κ1) is 26.0. The number of benzene rings is 1. The predicted molar refractivity (Wildman–Crippen MR) is 135 cm³/mol. The molecule has 0 unspecified atom stereocenters. The minimum Gasteiger partial charge on any atom is -0.474 e. The molecule has 5 rings (SSSR count). The summed E-state index contributed by atoms with van der Waals surface area (Å²) in [5.41, 5.74) is 1.06. The topological polar surface area (TPSA) is 111 Å². The van der Waals surface area contributed by atoms with Gasteiger partial charge in [-0.15, -0.1) is 5.10 Å². The quantitative estimate of drug-likeness (QED) is 0.308. The van der Waals surface area contributed by atoms with Crippen LogP contribution in [0.15, 0.2) is 40.9 Å². The summed E-state index contributed by atoms with van der Waals surface area (Å²) in [4.78, 5) is 16.8. The highest BCUT2D eigenvalue weighted by molar-refractivity contribution is 6.00. The Hall–Kier alpha value is -3.60. The van der Waals surface area contributed by atoms with E-state index in [4.69, 9.17) is 13.9 Å². The average molecular weight is 528 g/mol. The molecule has 202 valence electrons. The molecule has 3 aromatic rings. The summed E-state index contributed by atoms with van der Waals surface area (Å²) < 4.78 is 43.7. The van der Waals surface area contributed by atoms with Gasteiger partial charge in [0.25, 0.3) is 0 Å². The molecule has 2 heterocycles. The molecule has 0 radical (unpaired) electrons. The Balaban J connectivity index is 1.06. The standard InChI is InChI=1S/C27H31F2N5O4/c1-2-3-12-36-20-14-27(15-20)10-8-19(9-11-27)37-23-7-5-18(16-30-23)31-24(35)25-33-34-26(38-25)32-17-4-6-21(28)22(29)13-17/h4-7,13,16,19-20H,2-3,8-12,14-15H2,1H3,(H,31,35)(H,32,34). The van der Waals surface area contributed by atoms with Gasteiger partial charge in [0, 0.05) is 24.4 Å². The molecule has 2 aromatic heterocycles. The Morgan fingerprint density at radius 3 is 2.58 bits per heavy atom. The molecule has 0 atom stereocenters. The van der Waals surface area contributed by atoms with E-state index in [0.717, 1.165) is 50.8 Å². The Morgan fingerprint density at radius 1 is 1.08 bits per heavy atom. The largest absolute Gasteiger partial charge is 0.474 e. The molecule has 2 aliphatic rings. The molecule has 2 saturated carbocycles. The van der Waals surface area contributed by atoms with Crippen molar-refractivity contribution in [1.82, 2.24) is 15.2 Å². The van der Waals surface area contributed by atoms with E-state index in [1.165, 1.54) is 31.5 Å².